The second kappa shape index (κ2) is 3.04. The fraction of sp³-hybridized carbons (Fsp3) is 0.308. The third kappa shape index (κ3) is 1.33. The molecule has 1 aromatic carbocycles. The van der Waals surface area contributed by atoms with Crippen LogP contribution in [0.1, 0.15) is 18.4 Å². The summed E-state index contributed by atoms with van der Waals surface area (Å²) in [7, 11) is 0. The summed E-state index contributed by atoms with van der Waals surface area (Å²) in [5.41, 5.74) is 0.609. The molecule has 0 radical (unpaired) electrons. The summed E-state index contributed by atoms with van der Waals surface area (Å²) in [6.07, 6.45) is 5.05. The van der Waals surface area contributed by atoms with Crippen molar-refractivity contribution in [1.82, 2.24) is 0 Å². The Morgan fingerprint density at radius 1 is 1.27 bits per heavy atom. The molecule has 1 fully saturated rings. The van der Waals surface area contributed by atoms with Crippen molar-refractivity contribution < 1.29 is 9.53 Å². The van der Waals surface area contributed by atoms with Crippen LogP contribution in [-0.2, 0) is 15.1 Å². The van der Waals surface area contributed by atoms with Gasteiger partial charge in [0.25, 0.3) is 0 Å². The van der Waals surface area contributed by atoms with Gasteiger partial charge in [0.1, 0.15) is 11.4 Å². The van der Waals surface area contributed by atoms with Crippen LogP contribution in [0.15, 0.2) is 42.5 Å². The van der Waals surface area contributed by atoms with Gasteiger partial charge in [-0.15, -0.1) is 0 Å². The molecule has 1 saturated heterocycles. The van der Waals surface area contributed by atoms with E-state index in [1.807, 2.05) is 42.5 Å². The molecule has 3 rings (SSSR count). The zero-order valence-electron chi connectivity index (χ0n) is 8.35. The predicted molar refractivity (Wildman–Crippen MR) is 56.4 cm³/mol. The number of hydrogen-bond donors (Lipinski definition) is 0. The van der Waals surface area contributed by atoms with Crippen LogP contribution in [0.4, 0.5) is 0 Å². The smallest absolute Gasteiger partial charge is 0.139 e. The molecule has 1 aromatic rings. The summed E-state index contributed by atoms with van der Waals surface area (Å²) in [6.45, 7) is 0. The van der Waals surface area contributed by atoms with Gasteiger partial charge in [0, 0.05) is 12.8 Å². The van der Waals surface area contributed by atoms with E-state index in [0.29, 0.717) is 18.6 Å². The van der Waals surface area contributed by atoms with E-state index in [1.54, 1.807) is 0 Å². The van der Waals surface area contributed by atoms with Crippen molar-refractivity contribution in [3.05, 3.63) is 48.0 Å². The topological polar surface area (TPSA) is 26.3 Å². The first-order valence-corrected chi connectivity index (χ1v) is 5.23. The Morgan fingerprint density at radius 3 is 2.87 bits per heavy atom. The Labute approximate surface area is 88.6 Å². The van der Waals surface area contributed by atoms with E-state index in [-0.39, 0.29) is 6.10 Å². The van der Waals surface area contributed by atoms with Crippen LogP contribution in [0.5, 0.6) is 0 Å². The molecule has 0 saturated carbocycles. The number of ether oxygens (including phenoxy) is 1. The number of Topliss-reactive ketones (excluding diaryl/α,β-unsaturated/α-hetero) is 1. The normalized spacial score (nSPS) is 33.3. The Hall–Kier alpha value is -1.41. The second-order valence-corrected chi connectivity index (χ2v) is 4.19. The zero-order chi connectivity index (χ0) is 10.3. The lowest BCUT2D eigenvalue weighted by Gasteiger charge is -2.32. The Kier molecular flexibility index (Phi) is 1.80. The van der Waals surface area contributed by atoms with Gasteiger partial charge in [-0.1, -0.05) is 36.4 Å². The van der Waals surface area contributed by atoms with Crippen LogP contribution in [0, 0.1) is 0 Å². The van der Waals surface area contributed by atoms with Gasteiger partial charge in [0.05, 0.1) is 6.10 Å². The van der Waals surface area contributed by atoms with Crippen LogP contribution in [-0.4, -0.2) is 11.9 Å². The first kappa shape index (κ1) is 8.86. The highest BCUT2D eigenvalue weighted by Gasteiger charge is 2.43. The lowest BCUT2D eigenvalue weighted by Crippen LogP contribution is -2.35. The van der Waals surface area contributed by atoms with Gasteiger partial charge in [-0.3, -0.25) is 4.79 Å². The van der Waals surface area contributed by atoms with Gasteiger partial charge in [0.15, 0.2) is 0 Å². The number of ketones is 1. The highest BCUT2D eigenvalue weighted by molar-refractivity contribution is 5.82. The van der Waals surface area contributed by atoms with E-state index in [9.17, 15) is 4.79 Å². The van der Waals surface area contributed by atoms with Gasteiger partial charge in [0.2, 0.25) is 0 Å². The molecule has 0 unspecified atom stereocenters. The standard InChI is InChI=1S/C13H12O2/c14-11-8-12-6-7-13(9-11,15-12)10-4-2-1-3-5-10/h1-7,12H,8-9H2/t12-,13-/m0/s1. The lowest BCUT2D eigenvalue weighted by atomic mass is 9.88. The summed E-state index contributed by atoms with van der Waals surface area (Å²) in [5, 5.41) is 0. The number of fused-ring (bicyclic) bond motifs is 2. The molecule has 15 heavy (non-hydrogen) atoms. The third-order valence-corrected chi connectivity index (χ3v) is 3.09. The number of carbonyl (C=O) groups excluding carboxylic acids is 1. The van der Waals surface area contributed by atoms with E-state index in [1.165, 1.54) is 0 Å². The predicted octanol–water partition coefficient (Wildman–Crippen LogP) is 2.20. The van der Waals surface area contributed by atoms with Crippen molar-refractivity contribution in [3.8, 4) is 0 Å². The van der Waals surface area contributed by atoms with Crippen LogP contribution >= 0.6 is 0 Å². The van der Waals surface area contributed by atoms with Crippen molar-refractivity contribution >= 4 is 5.78 Å². The maximum atomic E-state index is 11.6. The molecule has 0 N–H and O–H groups in total. The SMILES string of the molecule is O=C1C[C@@H]2C=C[C@@](c3ccccc3)(C1)O2. The molecule has 2 heterocycles. The minimum Gasteiger partial charge on any atom is -0.358 e. The van der Waals surface area contributed by atoms with E-state index in [4.69, 9.17) is 4.74 Å². The first-order valence-electron chi connectivity index (χ1n) is 5.23. The Bertz CT molecular complexity index is 421. The van der Waals surface area contributed by atoms with Crippen LogP contribution in [0.25, 0.3) is 0 Å². The number of hydrogen-bond acceptors (Lipinski definition) is 2. The van der Waals surface area contributed by atoms with E-state index < -0.39 is 5.60 Å². The summed E-state index contributed by atoms with van der Waals surface area (Å²) >= 11 is 0. The van der Waals surface area contributed by atoms with Crippen LogP contribution in [0.3, 0.4) is 0 Å². The number of carbonyl (C=O) groups is 1. The summed E-state index contributed by atoms with van der Waals surface area (Å²) in [6, 6.07) is 9.97. The summed E-state index contributed by atoms with van der Waals surface area (Å²) < 4.78 is 5.91. The van der Waals surface area contributed by atoms with Crippen molar-refractivity contribution in [1.29, 1.82) is 0 Å². The molecule has 2 heteroatoms. The maximum absolute atomic E-state index is 11.6. The van der Waals surface area contributed by atoms with Gasteiger partial charge < -0.3 is 4.74 Å². The largest absolute Gasteiger partial charge is 0.358 e. The molecular weight excluding hydrogens is 188 g/mol. The molecule has 2 bridgehead atoms. The summed E-state index contributed by atoms with van der Waals surface area (Å²) in [4.78, 5) is 11.6. The fourth-order valence-electron chi connectivity index (χ4n) is 2.40. The molecule has 2 nitrogen and oxygen atoms in total. The van der Waals surface area contributed by atoms with Gasteiger partial charge in [-0.25, -0.2) is 0 Å². The molecule has 2 aliphatic rings. The van der Waals surface area contributed by atoms with E-state index in [0.717, 1.165) is 5.56 Å². The van der Waals surface area contributed by atoms with Crippen molar-refractivity contribution in [2.24, 2.45) is 0 Å². The minimum absolute atomic E-state index is 0.00791. The molecular formula is C13H12O2. The molecule has 2 atom stereocenters. The quantitative estimate of drug-likeness (QED) is 0.649. The lowest BCUT2D eigenvalue weighted by molar-refractivity contribution is -0.138. The average Bonchev–Trinajstić information content (AvgIpc) is 2.57. The van der Waals surface area contributed by atoms with Crippen molar-refractivity contribution in [2.75, 3.05) is 0 Å². The van der Waals surface area contributed by atoms with Crippen LogP contribution < -0.4 is 0 Å². The van der Waals surface area contributed by atoms with E-state index in [2.05, 4.69) is 0 Å². The number of rotatable bonds is 1. The number of benzene rings is 1. The van der Waals surface area contributed by atoms with Gasteiger partial charge in [-0.05, 0) is 11.6 Å². The van der Waals surface area contributed by atoms with Crippen LogP contribution in [0.2, 0.25) is 0 Å². The van der Waals surface area contributed by atoms with Crippen molar-refractivity contribution in [3.63, 3.8) is 0 Å². The average molecular weight is 200 g/mol. The monoisotopic (exact) mass is 200 g/mol. The Balaban J connectivity index is 2.04. The van der Waals surface area contributed by atoms with Crippen molar-refractivity contribution in [2.45, 2.75) is 24.5 Å². The van der Waals surface area contributed by atoms with E-state index >= 15 is 0 Å². The van der Waals surface area contributed by atoms with Gasteiger partial charge >= 0.3 is 0 Å². The third-order valence-electron chi connectivity index (χ3n) is 3.09. The highest BCUT2D eigenvalue weighted by Crippen LogP contribution is 2.42. The molecule has 76 valence electrons. The highest BCUT2D eigenvalue weighted by atomic mass is 16.5. The summed E-state index contributed by atoms with van der Waals surface area (Å²) in [5.74, 6) is 0.292. The fourth-order valence-corrected chi connectivity index (χ4v) is 2.40. The maximum Gasteiger partial charge on any atom is 0.139 e. The molecule has 0 aromatic heterocycles. The molecule has 0 spiro atoms. The Morgan fingerprint density at radius 2 is 2.07 bits per heavy atom. The van der Waals surface area contributed by atoms with Gasteiger partial charge in [-0.2, -0.15) is 0 Å². The zero-order valence-corrected chi connectivity index (χ0v) is 8.35. The molecule has 0 amide bonds. The first-order chi connectivity index (χ1) is 7.28. The minimum atomic E-state index is -0.471. The second-order valence-electron chi connectivity index (χ2n) is 4.19. The molecule has 2 aliphatic heterocycles. The molecule has 0 aliphatic carbocycles.